The van der Waals surface area contributed by atoms with Gasteiger partial charge in [-0.3, -0.25) is 0 Å². The van der Waals surface area contributed by atoms with Crippen molar-refractivity contribution in [1.29, 1.82) is 0 Å². The van der Waals surface area contributed by atoms with E-state index in [2.05, 4.69) is 10.0 Å². The van der Waals surface area contributed by atoms with E-state index in [0.29, 0.717) is 17.3 Å². The van der Waals surface area contributed by atoms with Crippen molar-refractivity contribution in [2.45, 2.75) is 24.2 Å². The van der Waals surface area contributed by atoms with Crippen LogP contribution in [0.25, 0.3) is 0 Å². The standard InChI is InChI=1S/C12H19N3O2S/c1-14-18(16,17)12-7-10(13)5-6-11(12)15-8-9-3-2-4-9/h5-7,9,14-15H,2-4,8,13H2,1H3. The Labute approximate surface area is 108 Å². The molecule has 18 heavy (non-hydrogen) atoms. The van der Waals surface area contributed by atoms with Crippen LogP contribution in [-0.4, -0.2) is 22.0 Å². The molecule has 1 aromatic carbocycles. The van der Waals surface area contributed by atoms with E-state index in [0.717, 1.165) is 6.54 Å². The van der Waals surface area contributed by atoms with Crippen LogP contribution in [0.4, 0.5) is 11.4 Å². The average Bonchev–Trinajstić information content (AvgIpc) is 2.28. The second-order valence-electron chi connectivity index (χ2n) is 4.64. The zero-order valence-electron chi connectivity index (χ0n) is 10.4. The summed E-state index contributed by atoms with van der Waals surface area (Å²) in [4.78, 5) is 0.212. The molecule has 1 aliphatic rings. The third-order valence-electron chi connectivity index (χ3n) is 3.37. The number of nitrogens with one attached hydrogen (secondary N) is 2. The van der Waals surface area contributed by atoms with Crippen molar-refractivity contribution in [3.05, 3.63) is 18.2 Å². The second-order valence-corrected chi connectivity index (χ2v) is 6.50. The van der Waals surface area contributed by atoms with Crippen molar-refractivity contribution in [2.24, 2.45) is 5.92 Å². The summed E-state index contributed by atoms with van der Waals surface area (Å²) in [6.07, 6.45) is 3.71. The smallest absolute Gasteiger partial charge is 0.242 e. The van der Waals surface area contributed by atoms with Crippen molar-refractivity contribution < 1.29 is 8.42 Å². The maximum Gasteiger partial charge on any atom is 0.242 e. The maximum atomic E-state index is 11.9. The molecule has 100 valence electrons. The third kappa shape index (κ3) is 2.76. The number of rotatable bonds is 5. The van der Waals surface area contributed by atoms with E-state index in [4.69, 9.17) is 5.73 Å². The molecule has 0 aromatic heterocycles. The molecule has 0 heterocycles. The molecule has 0 saturated heterocycles. The van der Waals surface area contributed by atoms with Crippen LogP contribution in [-0.2, 0) is 10.0 Å². The van der Waals surface area contributed by atoms with Crippen LogP contribution in [0.1, 0.15) is 19.3 Å². The Balaban J connectivity index is 2.22. The normalized spacial score (nSPS) is 16.3. The molecule has 1 aromatic rings. The Morgan fingerprint density at radius 1 is 1.39 bits per heavy atom. The summed E-state index contributed by atoms with van der Waals surface area (Å²) in [7, 11) is -2.08. The van der Waals surface area contributed by atoms with Crippen LogP contribution in [0.3, 0.4) is 0 Å². The largest absolute Gasteiger partial charge is 0.399 e. The highest BCUT2D eigenvalue weighted by Crippen LogP contribution is 2.28. The number of hydrogen-bond acceptors (Lipinski definition) is 4. The van der Waals surface area contributed by atoms with Crippen molar-refractivity contribution in [3.63, 3.8) is 0 Å². The topological polar surface area (TPSA) is 84.2 Å². The van der Waals surface area contributed by atoms with E-state index in [1.165, 1.54) is 32.4 Å². The lowest BCUT2D eigenvalue weighted by molar-refractivity contribution is 0.333. The minimum absolute atomic E-state index is 0.212. The summed E-state index contributed by atoms with van der Waals surface area (Å²) in [5.74, 6) is 0.660. The molecule has 0 spiro atoms. The van der Waals surface area contributed by atoms with E-state index in [-0.39, 0.29) is 4.90 Å². The predicted octanol–water partition coefficient (Wildman–Crippen LogP) is 1.39. The first-order valence-corrected chi connectivity index (χ1v) is 7.58. The minimum Gasteiger partial charge on any atom is -0.399 e. The fraction of sp³-hybridized carbons (Fsp3) is 0.500. The Hall–Kier alpha value is -1.27. The van der Waals surface area contributed by atoms with E-state index < -0.39 is 10.0 Å². The summed E-state index contributed by atoms with van der Waals surface area (Å²) in [6, 6.07) is 4.91. The van der Waals surface area contributed by atoms with Crippen LogP contribution in [0.15, 0.2) is 23.1 Å². The lowest BCUT2D eigenvalue weighted by Crippen LogP contribution is -2.24. The molecule has 1 saturated carbocycles. The lowest BCUT2D eigenvalue weighted by atomic mass is 9.85. The van der Waals surface area contributed by atoms with Crippen LogP contribution >= 0.6 is 0 Å². The monoisotopic (exact) mass is 269 g/mol. The molecule has 1 aliphatic carbocycles. The molecule has 4 N–H and O–H groups in total. The van der Waals surface area contributed by atoms with Gasteiger partial charge in [-0.15, -0.1) is 0 Å². The highest BCUT2D eigenvalue weighted by Gasteiger charge is 2.20. The Kier molecular flexibility index (Phi) is 3.77. The summed E-state index contributed by atoms with van der Waals surface area (Å²) in [6.45, 7) is 0.816. The first-order chi connectivity index (χ1) is 8.53. The fourth-order valence-corrected chi connectivity index (χ4v) is 2.91. The maximum absolute atomic E-state index is 11.9. The van der Waals surface area contributed by atoms with Gasteiger partial charge in [0.1, 0.15) is 4.90 Å². The quantitative estimate of drug-likeness (QED) is 0.705. The van der Waals surface area contributed by atoms with Crippen LogP contribution in [0.5, 0.6) is 0 Å². The highest BCUT2D eigenvalue weighted by atomic mass is 32.2. The third-order valence-corrected chi connectivity index (χ3v) is 4.82. The van der Waals surface area contributed by atoms with Gasteiger partial charge in [0.2, 0.25) is 10.0 Å². The zero-order valence-corrected chi connectivity index (χ0v) is 11.3. The Bertz CT molecular complexity index is 524. The fourth-order valence-electron chi connectivity index (χ4n) is 1.97. The van der Waals surface area contributed by atoms with Gasteiger partial charge in [0.15, 0.2) is 0 Å². The first kappa shape index (κ1) is 13.2. The van der Waals surface area contributed by atoms with Crippen LogP contribution in [0, 0.1) is 5.92 Å². The highest BCUT2D eigenvalue weighted by molar-refractivity contribution is 7.89. The molecule has 0 unspecified atom stereocenters. The number of sulfonamides is 1. The van der Waals surface area contributed by atoms with E-state index in [1.54, 1.807) is 12.1 Å². The van der Waals surface area contributed by atoms with Gasteiger partial charge in [-0.25, -0.2) is 13.1 Å². The SMILES string of the molecule is CNS(=O)(=O)c1cc(N)ccc1NCC1CCC1. The molecular weight excluding hydrogens is 250 g/mol. The molecule has 0 aliphatic heterocycles. The van der Waals surface area contributed by atoms with E-state index in [9.17, 15) is 8.42 Å². The molecule has 1 fully saturated rings. The molecule has 0 bridgehead atoms. The predicted molar refractivity (Wildman–Crippen MR) is 72.9 cm³/mol. The van der Waals surface area contributed by atoms with Crippen molar-refractivity contribution in [3.8, 4) is 0 Å². The van der Waals surface area contributed by atoms with Gasteiger partial charge in [-0.1, -0.05) is 6.42 Å². The van der Waals surface area contributed by atoms with Gasteiger partial charge in [-0.05, 0) is 44.0 Å². The van der Waals surface area contributed by atoms with Crippen molar-refractivity contribution in [2.75, 3.05) is 24.6 Å². The van der Waals surface area contributed by atoms with Gasteiger partial charge >= 0.3 is 0 Å². The Morgan fingerprint density at radius 2 is 2.11 bits per heavy atom. The number of nitrogen functional groups attached to an aromatic ring is 1. The van der Waals surface area contributed by atoms with Crippen LogP contribution < -0.4 is 15.8 Å². The molecule has 5 nitrogen and oxygen atoms in total. The Morgan fingerprint density at radius 3 is 2.67 bits per heavy atom. The summed E-state index contributed by atoms with van der Waals surface area (Å²) in [5, 5.41) is 3.21. The van der Waals surface area contributed by atoms with Gasteiger partial charge in [0.05, 0.1) is 5.69 Å². The molecule has 0 radical (unpaired) electrons. The summed E-state index contributed by atoms with van der Waals surface area (Å²) < 4.78 is 26.1. The second kappa shape index (κ2) is 5.16. The van der Waals surface area contributed by atoms with E-state index in [1.807, 2.05) is 0 Å². The number of nitrogens with two attached hydrogens (primary N) is 1. The summed E-state index contributed by atoms with van der Waals surface area (Å²) >= 11 is 0. The molecule has 2 rings (SSSR count). The number of benzene rings is 1. The number of anilines is 2. The van der Waals surface area contributed by atoms with Gasteiger partial charge in [0.25, 0.3) is 0 Å². The first-order valence-electron chi connectivity index (χ1n) is 6.10. The summed E-state index contributed by atoms with van der Waals surface area (Å²) in [5.41, 5.74) is 6.71. The van der Waals surface area contributed by atoms with Crippen molar-refractivity contribution in [1.82, 2.24) is 4.72 Å². The van der Waals surface area contributed by atoms with E-state index >= 15 is 0 Å². The van der Waals surface area contributed by atoms with Gasteiger partial charge in [-0.2, -0.15) is 0 Å². The molecule has 0 atom stereocenters. The van der Waals surface area contributed by atoms with Crippen molar-refractivity contribution >= 4 is 21.4 Å². The average molecular weight is 269 g/mol. The molecule has 6 heteroatoms. The zero-order chi connectivity index (χ0) is 13.2. The van der Waals surface area contributed by atoms with Gasteiger partial charge in [0, 0.05) is 12.2 Å². The minimum atomic E-state index is -3.48. The molecule has 0 amide bonds. The molecular formula is C12H19N3O2S. The van der Waals surface area contributed by atoms with Gasteiger partial charge < -0.3 is 11.1 Å². The van der Waals surface area contributed by atoms with Crippen LogP contribution in [0.2, 0.25) is 0 Å². The lowest BCUT2D eigenvalue weighted by Gasteiger charge is -2.26. The number of hydrogen-bond donors (Lipinski definition) is 3.